The maximum Gasteiger partial charge on any atom is 0.225 e. The third kappa shape index (κ3) is 5.06. The maximum absolute atomic E-state index is 12.5. The van der Waals surface area contributed by atoms with E-state index in [-0.39, 0.29) is 11.8 Å². The standard InChI is InChI=1S/C17H27NO/c1-5-14(3)12-18(17(19)15(4)6-2)13-16-10-8-7-9-11-16/h7-11,14-15H,5-6,12-13H2,1-4H3/t14-,15?/m0/s1. The molecule has 0 fully saturated rings. The van der Waals surface area contributed by atoms with Crippen LogP contribution < -0.4 is 0 Å². The van der Waals surface area contributed by atoms with Crippen molar-refractivity contribution in [1.29, 1.82) is 0 Å². The largest absolute Gasteiger partial charge is 0.338 e. The molecule has 19 heavy (non-hydrogen) atoms. The summed E-state index contributed by atoms with van der Waals surface area (Å²) in [6.07, 6.45) is 2.02. The summed E-state index contributed by atoms with van der Waals surface area (Å²) in [5.74, 6) is 0.955. The zero-order chi connectivity index (χ0) is 14.3. The molecule has 0 saturated carbocycles. The van der Waals surface area contributed by atoms with Crippen LogP contribution in [0.2, 0.25) is 0 Å². The van der Waals surface area contributed by atoms with Gasteiger partial charge in [0.1, 0.15) is 0 Å². The Kier molecular flexibility index (Phi) is 6.61. The Bertz CT molecular complexity index is 374. The topological polar surface area (TPSA) is 20.3 Å². The van der Waals surface area contributed by atoms with Crippen LogP contribution in [0.1, 0.15) is 46.1 Å². The predicted octanol–water partition coefficient (Wildman–Crippen LogP) is 4.11. The molecule has 0 N–H and O–H groups in total. The molecule has 0 aliphatic heterocycles. The van der Waals surface area contributed by atoms with Crippen LogP contribution in [0.5, 0.6) is 0 Å². The van der Waals surface area contributed by atoms with Crippen LogP contribution in [0.25, 0.3) is 0 Å². The van der Waals surface area contributed by atoms with E-state index in [9.17, 15) is 4.79 Å². The molecule has 0 heterocycles. The van der Waals surface area contributed by atoms with Gasteiger partial charge >= 0.3 is 0 Å². The number of hydrogen-bond acceptors (Lipinski definition) is 1. The van der Waals surface area contributed by atoms with Crippen LogP contribution in [0.15, 0.2) is 30.3 Å². The number of rotatable bonds is 7. The van der Waals surface area contributed by atoms with E-state index >= 15 is 0 Å². The molecule has 0 saturated heterocycles. The molecule has 2 nitrogen and oxygen atoms in total. The molecule has 1 unspecified atom stereocenters. The highest BCUT2D eigenvalue weighted by Gasteiger charge is 2.20. The number of nitrogens with zero attached hydrogens (tertiary/aromatic N) is 1. The van der Waals surface area contributed by atoms with E-state index in [1.165, 1.54) is 5.56 Å². The van der Waals surface area contributed by atoms with Gasteiger partial charge < -0.3 is 4.90 Å². The molecule has 1 aromatic carbocycles. The van der Waals surface area contributed by atoms with E-state index < -0.39 is 0 Å². The molecule has 0 bridgehead atoms. The van der Waals surface area contributed by atoms with Crippen molar-refractivity contribution in [3.63, 3.8) is 0 Å². The molecule has 1 rings (SSSR count). The fourth-order valence-electron chi connectivity index (χ4n) is 2.03. The van der Waals surface area contributed by atoms with Crippen molar-refractivity contribution < 1.29 is 4.79 Å². The smallest absolute Gasteiger partial charge is 0.225 e. The second-order valence-electron chi connectivity index (χ2n) is 5.53. The van der Waals surface area contributed by atoms with Crippen molar-refractivity contribution in [2.75, 3.05) is 6.54 Å². The lowest BCUT2D eigenvalue weighted by Crippen LogP contribution is -2.37. The van der Waals surface area contributed by atoms with Crippen molar-refractivity contribution in [2.24, 2.45) is 11.8 Å². The SMILES string of the molecule is CCC(C)C(=O)N(Cc1ccccc1)C[C@@H](C)CC. The summed E-state index contributed by atoms with van der Waals surface area (Å²) in [6.45, 7) is 10.1. The fraction of sp³-hybridized carbons (Fsp3) is 0.588. The van der Waals surface area contributed by atoms with Gasteiger partial charge in [-0.3, -0.25) is 4.79 Å². The second-order valence-corrected chi connectivity index (χ2v) is 5.53. The summed E-state index contributed by atoms with van der Waals surface area (Å²) in [5.41, 5.74) is 1.21. The van der Waals surface area contributed by atoms with Crippen LogP contribution in [-0.2, 0) is 11.3 Å². The summed E-state index contributed by atoms with van der Waals surface area (Å²) >= 11 is 0. The van der Waals surface area contributed by atoms with Gasteiger partial charge in [0.25, 0.3) is 0 Å². The number of amides is 1. The first kappa shape index (κ1) is 15.7. The normalized spacial score (nSPS) is 13.9. The van der Waals surface area contributed by atoms with Gasteiger partial charge in [0.15, 0.2) is 0 Å². The quantitative estimate of drug-likeness (QED) is 0.723. The highest BCUT2D eigenvalue weighted by Crippen LogP contribution is 2.14. The van der Waals surface area contributed by atoms with Gasteiger partial charge in [-0.05, 0) is 17.9 Å². The first-order valence-corrected chi connectivity index (χ1v) is 7.41. The lowest BCUT2D eigenvalue weighted by atomic mass is 10.0. The highest BCUT2D eigenvalue weighted by atomic mass is 16.2. The average Bonchev–Trinajstić information content (AvgIpc) is 2.45. The number of carbonyl (C=O) groups excluding carboxylic acids is 1. The van der Waals surface area contributed by atoms with E-state index in [1.54, 1.807) is 0 Å². The van der Waals surface area contributed by atoms with Gasteiger partial charge in [-0.1, -0.05) is 64.4 Å². The Labute approximate surface area is 117 Å². The molecule has 106 valence electrons. The van der Waals surface area contributed by atoms with Crippen LogP contribution in [-0.4, -0.2) is 17.4 Å². The molecular formula is C17H27NO. The number of benzene rings is 1. The fourth-order valence-corrected chi connectivity index (χ4v) is 2.03. The Balaban J connectivity index is 2.77. The van der Waals surface area contributed by atoms with Crippen molar-refractivity contribution in [3.8, 4) is 0 Å². The molecule has 1 aromatic rings. The molecule has 0 aliphatic carbocycles. The zero-order valence-corrected chi connectivity index (χ0v) is 12.7. The van der Waals surface area contributed by atoms with E-state index in [0.717, 1.165) is 25.9 Å². The molecule has 1 amide bonds. The van der Waals surface area contributed by atoms with E-state index in [0.29, 0.717) is 5.92 Å². The van der Waals surface area contributed by atoms with Crippen molar-refractivity contribution in [2.45, 2.75) is 47.1 Å². The molecule has 2 atom stereocenters. The zero-order valence-electron chi connectivity index (χ0n) is 12.7. The number of hydrogen-bond donors (Lipinski definition) is 0. The molecule has 0 radical (unpaired) electrons. The van der Waals surface area contributed by atoms with Crippen LogP contribution in [0.4, 0.5) is 0 Å². The Morgan fingerprint density at radius 1 is 1.11 bits per heavy atom. The average molecular weight is 261 g/mol. The third-order valence-corrected chi connectivity index (χ3v) is 3.79. The van der Waals surface area contributed by atoms with Crippen molar-refractivity contribution in [3.05, 3.63) is 35.9 Å². The van der Waals surface area contributed by atoms with Gasteiger partial charge in [0, 0.05) is 19.0 Å². The number of carbonyl (C=O) groups is 1. The Morgan fingerprint density at radius 2 is 1.74 bits per heavy atom. The summed E-state index contributed by atoms with van der Waals surface area (Å²) in [5, 5.41) is 0. The Morgan fingerprint density at radius 3 is 2.26 bits per heavy atom. The monoisotopic (exact) mass is 261 g/mol. The minimum Gasteiger partial charge on any atom is -0.338 e. The lowest BCUT2D eigenvalue weighted by Gasteiger charge is -2.28. The van der Waals surface area contributed by atoms with Crippen molar-refractivity contribution in [1.82, 2.24) is 4.90 Å². The summed E-state index contributed by atoms with van der Waals surface area (Å²) in [7, 11) is 0. The minimum absolute atomic E-state index is 0.118. The molecular weight excluding hydrogens is 234 g/mol. The predicted molar refractivity (Wildman–Crippen MR) is 80.8 cm³/mol. The van der Waals surface area contributed by atoms with Gasteiger partial charge in [-0.2, -0.15) is 0 Å². The van der Waals surface area contributed by atoms with E-state index in [2.05, 4.69) is 32.9 Å². The Hall–Kier alpha value is -1.31. The highest BCUT2D eigenvalue weighted by molar-refractivity contribution is 5.78. The first-order valence-electron chi connectivity index (χ1n) is 7.41. The van der Waals surface area contributed by atoms with Gasteiger partial charge in [-0.15, -0.1) is 0 Å². The van der Waals surface area contributed by atoms with E-state index in [1.807, 2.05) is 30.0 Å². The summed E-state index contributed by atoms with van der Waals surface area (Å²) in [4.78, 5) is 14.5. The lowest BCUT2D eigenvalue weighted by molar-refractivity contribution is -0.136. The summed E-state index contributed by atoms with van der Waals surface area (Å²) in [6, 6.07) is 10.3. The molecule has 0 spiro atoms. The third-order valence-electron chi connectivity index (χ3n) is 3.79. The van der Waals surface area contributed by atoms with Crippen molar-refractivity contribution >= 4 is 5.91 Å². The van der Waals surface area contributed by atoms with Gasteiger partial charge in [-0.25, -0.2) is 0 Å². The van der Waals surface area contributed by atoms with Gasteiger partial charge in [0.05, 0.1) is 0 Å². The van der Waals surface area contributed by atoms with Crippen LogP contribution in [0.3, 0.4) is 0 Å². The van der Waals surface area contributed by atoms with Crippen LogP contribution >= 0.6 is 0 Å². The van der Waals surface area contributed by atoms with Gasteiger partial charge in [0.2, 0.25) is 5.91 Å². The minimum atomic E-state index is 0.118. The molecule has 2 heteroatoms. The van der Waals surface area contributed by atoms with Crippen LogP contribution in [0, 0.1) is 11.8 Å². The second kappa shape index (κ2) is 7.98. The maximum atomic E-state index is 12.5. The molecule has 0 aliphatic rings. The first-order chi connectivity index (χ1) is 9.08. The van der Waals surface area contributed by atoms with E-state index in [4.69, 9.17) is 0 Å². The molecule has 0 aromatic heterocycles. The summed E-state index contributed by atoms with van der Waals surface area (Å²) < 4.78 is 0.